The van der Waals surface area contributed by atoms with Crippen LogP contribution in [-0.4, -0.2) is 43.5 Å². The average molecular weight is 363 g/mol. The van der Waals surface area contributed by atoms with Crippen molar-refractivity contribution < 1.29 is 19.1 Å². The number of likely N-dealkylation sites (N-methyl/N-ethyl adjacent to an activating group) is 1. The lowest BCUT2D eigenvalue weighted by molar-refractivity contribution is -0.119. The first-order valence-electron chi connectivity index (χ1n) is 7.60. The third-order valence-corrected chi connectivity index (χ3v) is 3.57. The summed E-state index contributed by atoms with van der Waals surface area (Å²) in [4.78, 5) is 24.7. The number of primary amides is 1. The van der Waals surface area contributed by atoms with Gasteiger partial charge >= 0.3 is 0 Å². The van der Waals surface area contributed by atoms with E-state index in [1.54, 1.807) is 60.5 Å². The minimum absolute atomic E-state index is 0.177. The van der Waals surface area contributed by atoms with E-state index in [2.05, 4.69) is 0 Å². The summed E-state index contributed by atoms with van der Waals surface area (Å²) in [6.45, 7) is 0.526. The van der Waals surface area contributed by atoms with Crippen LogP contribution in [0.15, 0.2) is 48.5 Å². The van der Waals surface area contributed by atoms with Crippen molar-refractivity contribution in [3.8, 4) is 11.5 Å². The maximum absolute atomic E-state index is 12.4. The van der Waals surface area contributed by atoms with E-state index in [1.165, 1.54) is 0 Å². The number of nitrogens with two attached hydrogens (primary N) is 1. The molecule has 0 heterocycles. The summed E-state index contributed by atoms with van der Waals surface area (Å²) < 4.78 is 10.8. The van der Waals surface area contributed by atoms with Crippen molar-refractivity contribution in [2.75, 3.05) is 26.8 Å². The Labute approximate surface area is 151 Å². The molecule has 2 aromatic carbocycles. The smallest absolute Gasteiger partial charge is 0.255 e. The van der Waals surface area contributed by atoms with E-state index in [9.17, 15) is 9.59 Å². The molecule has 2 rings (SSSR count). The number of nitrogens with zero attached hydrogens (tertiary/aromatic N) is 1. The first-order chi connectivity index (χ1) is 12.0. The van der Waals surface area contributed by atoms with Crippen molar-refractivity contribution in [3.63, 3.8) is 0 Å². The molecule has 0 aliphatic heterocycles. The highest BCUT2D eigenvalue weighted by molar-refractivity contribution is 6.30. The number of hydrogen-bond acceptors (Lipinski definition) is 4. The highest BCUT2D eigenvalue weighted by atomic mass is 35.5. The molecule has 2 aromatic rings. The van der Waals surface area contributed by atoms with Gasteiger partial charge in [-0.1, -0.05) is 17.7 Å². The predicted octanol–water partition coefficient (Wildman–Crippen LogP) is 2.36. The molecule has 7 heteroatoms. The van der Waals surface area contributed by atoms with Gasteiger partial charge < -0.3 is 20.1 Å². The number of ether oxygens (including phenoxy) is 2. The van der Waals surface area contributed by atoms with Crippen LogP contribution in [0.2, 0.25) is 5.02 Å². The number of hydrogen-bond donors (Lipinski definition) is 1. The largest absolute Gasteiger partial charge is 0.492 e. The molecule has 0 bridgehead atoms. The van der Waals surface area contributed by atoms with Crippen LogP contribution in [0.4, 0.5) is 0 Å². The fourth-order valence-electron chi connectivity index (χ4n) is 2.03. The second-order valence-electron chi connectivity index (χ2n) is 5.31. The fourth-order valence-corrected chi connectivity index (χ4v) is 2.15. The Morgan fingerprint density at radius 3 is 2.48 bits per heavy atom. The molecular formula is C18H19ClN2O4. The molecule has 0 saturated heterocycles. The van der Waals surface area contributed by atoms with Crippen LogP contribution >= 0.6 is 11.6 Å². The Morgan fingerprint density at radius 1 is 1.08 bits per heavy atom. The quantitative estimate of drug-likeness (QED) is 0.781. The standard InChI is InChI=1S/C18H19ClN2O4/c1-21(9-10-24-15-7-5-14(19)6-8-15)18(23)13-3-2-4-16(11-13)25-12-17(20)22/h2-8,11H,9-10,12H2,1H3,(H2,20,22). The van der Waals surface area contributed by atoms with Gasteiger partial charge in [0.15, 0.2) is 6.61 Å². The van der Waals surface area contributed by atoms with Gasteiger partial charge in [0, 0.05) is 17.6 Å². The van der Waals surface area contributed by atoms with Crippen LogP contribution in [0.5, 0.6) is 11.5 Å². The van der Waals surface area contributed by atoms with Gasteiger partial charge in [-0.05, 0) is 42.5 Å². The fraction of sp³-hybridized carbons (Fsp3) is 0.222. The van der Waals surface area contributed by atoms with E-state index in [0.717, 1.165) is 0 Å². The molecule has 132 valence electrons. The molecule has 2 amide bonds. The molecule has 25 heavy (non-hydrogen) atoms. The van der Waals surface area contributed by atoms with Crippen molar-refractivity contribution in [2.45, 2.75) is 0 Å². The summed E-state index contributed by atoms with van der Waals surface area (Å²) >= 11 is 5.81. The Bertz CT molecular complexity index is 734. The van der Waals surface area contributed by atoms with Crippen LogP contribution in [0.3, 0.4) is 0 Å². The summed E-state index contributed by atoms with van der Waals surface area (Å²) in [5.41, 5.74) is 5.49. The Balaban J connectivity index is 1.87. The number of amides is 2. The van der Waals surface area contributed by atoms with Gasteiger partial charge in [0.05, 0.1) is 6.54 Å². The molecule has 2 N–H and O–H groups in total. The van der Waals surface area contributed by atoms with Gasteiger partial charge in [-0.25, -0.2) is 0 Å². The van der Waals surface area contributed by atoms with E-state index in [1.807, 2.05) is 0 Å². The van der Waals surface area contributed by atoms with Crippen molar-refractivity contribution in [3.05, 3.63) is 59.1 Å². The lowest BCUT2D eigenvalue weighted by Gasteiger charge is -2.18. The molecule has 0 spiro atoms. The highest BCUT2D eigenvalue weighted by Crippen LogP contribution is 2.16. The van der Waals surface area contributed by atoms with Gasteiger partial charge in [0.25, 0.3) is 11.8 Å². The van der Waals surface area contributed by atoms with Crippen LogP contribution in [0, 0.1) is 0 Å². The molecule has 0 aromatic heterocycles. The Kier molecular flexibility index (Phi) is 6.65. The van der Waals surface area contributed by atoms with Crippen molar-refractivity contribution >= 4 is 23.4 Å². The van der Waals surface area contributed by atoms with E-state index < -0.39 is 5.91 Å². The summed E-state index contributed by atoms with van der Waals surface area (Å²) in [6, 6.07) is 13.6. The van der Waals surface area contributed by atoms with E-state index in [-0.39, 0.29) is 12.5 Å². The van der Waals surface area contributed by atoms with E-state index in [0.29, 0.717) is 35.2 Å². The Hall–Kier alpha value is -2.73. The van der Waals surface area contributed by atoms with Gasteiger partial charge in [-0.3, -0.25) is 9.59 Å². The Morgan fingerprint density at radius 2 is 1.80 bits per heavy atom. The zero-order valence-corrected chi connectivity index (χ0v) is 14.5. The third-order valence-electron chi connectivity index (χ3n) is 3.32. The monoisotopic (exact) mass is 362 g/mol. The topological polar surface area (TPSA) is 81.9 Å². The number of carbonyl (C=O) groups excluding carboxylic acids is 2. The van der Waals surface area contributed by atoms with Gasteiger partial charge in [-0.2, -0.15) is 0 Å². The summed E-state index contributed by atoms with van der Waals surface area (Å²) in [7, 11) is 1.69. The van der Waals surface area contributed by atoms with Crippen LogP contribution in [-0.2, 0) is 4.79 Å². The van der Waals surface area contributed by atoms with E-state index in [4.69, 9.17) is 26.8 Å². The van der Waals surface area contributed by atoms with Crippen LogP contribution in [0.25, 0.3) is 0 Å². The normalized spacial score (nSPS) is 10.2. The second kappa shape index (κ2) is 8.94. The SMILES string of the molecule is CN(CCOc1ccc(Cl)cc1)C(=O)c1cccc(OCC(N)=O)c1. The first-order valence-corrected chi connectivity index (χ1v) is 7.98. The van der Waals surface area contributed by atoms with Gasteiger partial charge in [-0.15, -0.1) is 0 Å². The number of carbonyl (C=O) groups is 2. The third kappa shape index (κ3) is 6.00. The second-order valence-corrected chi connectivity index (χ2v) is 5.75. The maximum atomic E-state index is 12.4. The summed E-state index contributed by atoms with van der Waals surface area (Å²) in [5, 5.41) is 0.637. The van der Waals surface area contributed by atoms with Gasteiger partial charge in [0.1, 0.15) is 18.1 Å². The number of rotatable bonds is 8. The van der Waals surface area contributed by atoms with Crippen LogP contribution in [0.1, 0.15) is 10.4 Å². The van der Waals surface area contributed by atoms with E-state index >= 15 is 0 Å². The molecule has 0 atom stereocenters. The maximum Gasteiger partial charge on any atom is 0.255 e. The zero-order chi connectivity index (χ0) is 18.2. The van der Waals surface area contributed by atoms with Crippen molar-refractivity contribution in [2.24, 2.45) is 5.73 Å². The van der Waals surface area contributed by atoms with Crippen LogP contribution < -0.4 is 15.2 Å². The summed E-state index contributed by atoms with van der Waals surface area (Å²) in [5.74, 6) is 0.347. The molecule has 0 aliphatic rings. The molecule has 0 aliphatic carbocycles. The van der Waals surface area contributed by atoms with Crippen molar-refractivity contribution in [1.82, 2.24) is 4.90 Å². The first kappa shape index (κ1) is 18.6. The number of benzene rings is 2. The highest BCUT2D eigenvalue weighted by Gasteiger charge is 2.12. The van der Waals surface area contributed by atoms with Crippen molar-refractivity contribution in [1.29, 1.82) is 0 Å². The molecular weight excluding hydrogens is 344 g/mol. The molecule has 6 nitrogen and oxygen atoms in total. The molecule has 0 unspecified atom stereocenters. The minimum Gasteiger partial charge on any atom is -0.492 e. The lowest BCUT2D eigenvalue weighted by Crippen LogP contribution is -2.30. The number of halogens is 1. The van der Waals surface area contributed by atoms with Gasteiger partial charge in [0.2, 0.25) is 0 Å². The predicted molar refractivity (Wildman–Crippen MR) is 95.0 cm³/mol. The lowest BCUT2D eigenvalue weighted by atomic mass is 10.2. The minimum atomic E-state index is -0.576. The zero-order valence-electron chi connectivity index (χ0n) is 13.8. The average Bonchev–Trinajstić information content (AvgIpc) is 2.61. The molecule has 0 radical (unpaired) electrons. The summed E-state index contributed by atoms with van der Waals surface area (Å²) in [6.07, 6.45) is 0. The molecule has 0 fully saturated rings. The molecule has 0 saturated carbocycles.